The van der Waals surface area contributed by atoms with Crippen molar-refractivity contribution in [2.45, 2.75) is 45.2 Å². The van der Waals surface area contributed by atoms with Gasteiger partial charge < -0.3 is 10.2 Å². The van der Waals surface area contributed by atoms with Crippen LogP contribution in [0.5, 0.6) is 0 Å². The summed E-state index contributed by atoms with van der Waals surface area (Å²) in [5.74, 6) is -0.894. The topological polar surface area (TPSA) is 74.6 Å². The SMILES string of the molecule is C[C@]1(CCO)C(C2C[C@H](F)C3=CC(=O)C=C[C@@]34CC24)CC[C@@H]1C(=O)O. The highest BCUT2D eigenvalue weighted by atomic mass is 19.1. The number of carbonyl (C=O) groups is 2. The van der Waals surface area contributed by atoms with E-state index in [0.717, 1.165) is 12.8 Å². The first-order valence-corrected chi connectivity index (χ1v) is 9.26. The van der Waals surface area contributed by atoms with Crippen molar-refractivity contribution in [3.63, 3.8) is 0 Å². The van der Waals surface area contributed by atoms with E-state index in [9.17, 15) is 24.2 Å². The van der Waals surface area contributed by atoms with E-state index in [-0.39, 0.29) is 29.6 Å². The van der Waals surface area contributed by atoms with Crippen molar-refractivity contribution >= 4 is 11.8 Å². The molecule has 5 heteroatoms. The molecule has 0 heterocycles. The summed E-state index contributed by atoms with van der Waals surface area (Å²) < 4.78 is 14.9. The van der Waals surface area contributed by atoms with Gasteiger partial charge in [0.25, 0.3) is 0 Å². The van der Waals surface area contributed by atoms with E-state index in [0.29, 0.717) is 30.8 Å². The molecule has 4 aliphatic carbocycles. The number of carbonyl (C=O) groups excluding carboxylic acids is 1. The average molecular weight is 348 g/mol. The zero-order valence-corrected chi connectivity index (χ0v) is 14.5. The van der Waals surface area contributed by atoms with Gasteiger partial charge in [0, 0.05) is 12.0 Å². The van der Waals surface area contributed by atoms with E-state index in [2.05, 4.69) is 0 Å². The molecule has 0 aliphatic heterocycles. The van der Waals surface area contributed by atoms with E-state index >= 15 is 0 Å². The standard InChI is InChI=1S/C20H25FO4/c1-19(6-7-22)13(2-3-14(19)18(24)25)12-9-17(21)15-8-11(23)4-5-20(15)10-16(12)20/h4-5,8,12-14,16-17,22H,2-3,6-7,9-10H2,1H3,(H,24,25)/t12?,13?,14-,16?,17+,19+,20-/m1/s1. The zero-order chi connectivity index (χ0) is 18.0. The second-order valence-electron chi connectivity index (χ2n) is 8.61. The molecule has 3 fully saturated rings. The van der Waals surface area contributed by atoms with Crippen molar-refractivity contribution < 1.29 is 24.2 Å². The number of aliphatic carboxylic acids is 1. The average Bonchev–Trinajstić information content (AvgIpc) is 3.17. The van der Waals surface area contributed by atoms with Crippen molar-refractivity contribution in [2.75, 3.05) is 6.61 Å². The Labute approximate surface area is 146 Å². The molecule has 0 bridgehead atoms. The molecule has 0 amide bonds. The van der Waals surface area contributed by atoms with Gasteiger partial charge >= 0.3 is 5.97 Å². The Bertz CT molecular complexity index is 683. The number of rotatable bonds is 4. The Morgan fingerprint density at radius 3 is 2.80 bits per heavy atom. The molecule has 0 aromatic rings. The lowest BCUT2D eigenvalue weighted by Crippen LogP contribution is -2.41. The summed E-state index contributed by atoms with van der Waals surface area (Å²) in [6, 6.07) is 0. The molecule has 3 unspecified atom stereocenters. The van der Waals surface area contributed by atoms with Crippen molar-refractivity contribution in [2.24, 2.45) is 34.5 Å². The number of halogens is 1. The lowest BCUT2D eigenvalue weighted by atomic mass is 9.61. The zero-order valence-electron chi connectivity index (χ0n) is 14.5. The fourth-order valence-electron chi connectivity index (χ4n) is 6.35. The molecular formula is C20H25FO4. The molecule has 0 saturated heterocycles. The second kappa shape index (κ2) is 5.50. The molecule has 0 aromatic heterocycles. The van der Waals surface area contributed by atoms with Gasteiger partial charge in [0.2, 0.25) is 0 Å². The summed E-state index contributed by atoms with van der Waals surface area (Å²) in [4.78, 5) is 23.4. The van der Waals surface area contributed by atoms with Crippen LogP contribution >= 0.6 is 0 Å². The molecule has 0 aromatic carbocycles. The Kier molecular flexibility index (Phi) is 3.73. The van der Waals surface area contributed by atoms with Crippen LogP contribution in [0.2, 0.25) is 0 Å². The normalized spacial score (nSPS) is 47.9. The lowest BCUT2D eigenvalue weighted by molar-refractivity contribution is -0.146. The summed E-state index contributed by atoms with van der Waals surface area (Å²) in [5.41, 5.74) is -0.167. The highest BCUT2D eigenvalue weighted by Gasteiger charge is 2.67. The fraction of sp³-hybridized carbons (Fsp3) is 0.700. The Morgan fingerprint density at radius 2 is 2.12 bits per heavy atom. The first-order chi connectivity index (χ1) is 11.8. The van der Waals surface area contributed by atoms with E-state index in [1.807, 2.05) is 13.0 Å². The molecule has 4 rings (SSSR count). The minimum atomic E-state index is -1.13. The quantitative estimate of drug-likeness (QED) is 0.819. The van der Waals surface area contributed by atoms with Gasteiger partial charge in [-0.05, 0) is 73.0 Å². The number of alkyl halides is 1. The minimum absolute atomic E-state index is 0.0437. The maximum absolute atomic E-state index is 14.9. The lowest BCUT2D eigenvalue weighted by Gasteiger charge is -2.43. The van der Waals surface area contributed by atoms with E-state index in [4.69, 9.17) is 0 Å². The predicted octanol–water partition coefficient (Wildman–Crippen LogP) is 2.92. The van der Waals surface area contributed by atoms with Crippen molar-refractivity contribution in [1.29, 1.82) is 0 Å². The number of ketones is 1. The van der Waals surface area contributed by atoms with Crippen LogP contribution in [0.15, 0.2) is 23.8 Å². The van der Waals surface area contributed by atoms with Gasteiger partial charge in [0.1, 0.15) is 6.17 Å². The molecule has 136 valence electrons. The number of aliphatic hydroxyl groups is 1. The third-order valence-electron chi connectivity index (χ3n) is 7.65. The number of hydrogen-bond donors (Lipinski definition) is 2. The maximum atomic E-state index is 14.9. The summed E-state index contributed by atoms with van der Waals surface area (Å²) >= 11 is 0. The smallest absolute Gasteiger partial charge is 0.307 e. The van der Waals surface area contributed by atoms with Crippen LogP contribution in [0.1, 0.15) is 39.0 Å². The van der Waals surface area contributed by atoms with Crippen LogP contribution in [0.4, 0.5) is 4.39 Å². The minimum Gasteiger partial charge on any atom is -0.481 e. The van der Waals surface area contributed by atoms with Gasteiger partial charge in [0.05, 0.1) is 5.92 Å². The van der Waals surface area contributed by atoms with Crippen LogP contribution in [0.3, 0.4) is 0 Å². The van der Waals surface area contributed by atoms with Gasteiger partial charge in [-0.15, -0.1) is 0 Å². The number of carboxylic acids is 1. The Hall–Kier alpha value is -1.49. The van der Waals surface area contributed by atoms with E-state index in [1.165, 1.54) is 6.08 Å². The van der Waals surface area contributed by atoms with Gasteiger partial charge in [-0.1, -0.05) is 13.0 Å². The summed E-state index contributed by atoms with van der Waals surface area (Å²) in [6.07, 6.45) is 6.84. The molecule has 3 saturated carbocycles. The Morgan fingerprint density at radius 1 is 1.36 bits per heavy atom. The molecule has 4 nitrogen and oxygen atoms in total. The van der Waals surface area contributed by atoms with E-state index < -0.39 is 23.5 Å². The number of allylic oxidation sites excluding steroid dienone is 4. The summed E-state index contributed by atoms with van der Waals surface area (Å²) in [5, 5.41) is 19.1. The predicted molar refractivity (Wildman–Crippen MR) is 89.4 cm³/mol. The summed E-state index contributed by atoms with van der Waals surface area (Å²) in [6.45, 7) is 1.92. The van der Waals surface area contributed by atoms with Crippen LogP contribution in [0.25, 0.3) is 0 Å². The van der Waals surface area contributed by atoms with Gasteiger partial charge in [-0.3, -0.25) is 9.59 Å². The highest BCUT2D eigenvalue weighted by Crippen LogP contribution is 2.72. The van der Waals surface area contributed by atoms with Gasteiger partial charge in [0.15, 0.2) is 5.78 Å². The monoisotopic (exact) mass is 348 g/mol. The number of hydrogen-bond acceptors (Lipinski definition) is 3. The van der Waals surface area contributed by atoms with Crippen molar-refractivity contribution in [1.82, 2.24) is 0 Å². The van der Waals surface area contributed by atoms with Crippen LogP contribution < -0.4 is 0 Å². The second-order valence-corrected chi connectivity index (χ2v) is 8.61. The van der Waals surface area contributed by atoms with E-state index in [1.54, 1.807) is 6.08 Å². The molecule has 4 aliphatic rings. The molecule has 2 N–H and O–H groups in total. The van der Waals surface area contributed by atoms with Crippen molar-refractivity contribution in [3.05, 3.63) is 23.8 Å². The third kappa shape index (κ3) is 2.28. The number of aliphatic hydroxyl groups excluding tert-OH is 1. The van der Waals surface area contributed by atoms with Crippen LogP contribution in [-0.4, -0.2) is 34.7 Å². The molecule has 25 heavy (non-hydrogen) atoms. The van der Waals surface area contributed by atoms with Gasteiger partial charge in [-0.25, -0.2) is 4.39 Å². The van der Waals surface area contributed by atoms with Gasteiger partial charge in [-0.2, -0.15) is 0 Å². The largest absolute Gasteiger partial charge is 0.481 e. The number of carboxylic acid groups (broad SMARTS) is 1. The highest BCUT2D eigenvalue weighted by molar-refractivity contribution is 6.01. The molecule has 7 atom stereocenters. The third-order valence-corrected chi connectivity index (χ3v) is 7.65. The van der Waals surface area contributed by atoms with Crippen LogP contribution in [-0.2, 0) is 9.59 Å². The first-order valence-electron chi connectivity index (χ1n) is 9.26. The molecule has 1 spiro atoms. The Balaban J connectivity index is 1.65. The van der Waals surface area contributed by atoms with Crippen molar-refractivity contribution in [3.8, 4) is 0 Å². The molecular weight excluding hydrogens is 323 g/mol. The summed E-state index contributed by atoms with van der Waals surface area (Å²) in [7, 11) is 0. The maximum Gasteiger partial charge on any atom is 0.307 e. The molecule has 0 radical (unpaired) electrons. The van der Waals surface area contributed by atoms with Crippen LogP contribution in [0, 0.1) is 34.5 Å². The fourth-order valence-corrected chi connectivity index (χ4v) is 6.35. The first kappa shape index (κ1) is 17.0.